The van der Waals surface area contributed by atoms with Gasteiger partial charge in [0.05, 0.1) is 0 Å². The summed E-state index contributed by atoms with van der Waals surface area (Å²) in [7, 11) is 0. The zero-order chi connectivity index (χ0) is 12.1. The van der Waals surface area contributed by atoms with Crippen LogP contribution < -0.4 is 22.5 Å². The first kappa shape index (κ1) is 12.0. The van der Waals surface area contributed by atoms with E-state index in [0.29, 0.717) is 11.1 Å². The Labute approximate surface area is 89.3 Å². The minimum absolute atomic E-state index is 0.210. The fourth-order valence-corrected chi connectivity index (χ4v) is 1.05. The number of carbonyl (C=O) groups is 1. The summed E-state index contributed by atoms with van der Waals surface area (Å²) < 4.78 is 0.430. The minimum Gasteiger partial charge on any atom is -0.273 e. The number of hydrogen-bond acceptors (Lipinski definition) is 4. The first-order valence-electron chi connectivity index (χ1n) is 4.80. The van der Waals surface area contributed by atoms with Gasteiger partial charge in [-0.1, -0.05) is 13.3 Å². The molecule has 0 aromatic carbocycles. The number of H-pyrrole nitrogens is 2. The smallest absolute Gasteiger partial charge is 0.273 e. The Morgan fingerprint density at radius 1 is 1.25 bits per heavy atom. The van der Waals surface area contributed by atoms with Crippen LogP contribution in [0.25, 0.3) is 0 Å². The van der Waals surface area contributed by atoms with Crippen molar-refractivity contribution < 1.29 is 4.79 Å². The molecule has 0 saturated heterocycles. The van der Waals surface area contributed by atoms with Crippen LogP contribution in [0.3, 0.4) is 0 Å². The number of rotatable bonds is 4. The molecule has 0 aliphatic rings. The molecule has 3 N–H and O–H groups in total. The number of nitrogens with zero attached hydrogens (tertiary/aromatic N) is 1. The molecule has 0 atom stereocenters. The van der Waals surface area contributed by atoms with Gasteiger partial charge in [-0.3, -0.25) is 20.2 Å². The zero-order valence-corrected chi connectivity index (χ0v) is 8.70. The van der Waals surface area contributed by atoms with E-state index in [1.165, 1.54) is 0 Å². The van der Waals surface area contributed by atoms with E-state index in [2.05, 4.69) is 5.43 Å². The molecule has 0 bridgehead atoms. The van der Waals surface area contributed by atoms with Crippen molar-refractivity contribution in [3.63, 3.8) is 0 Å². The molecule has 0 aliphatic heterocycles. The van der Waals surface area contributed by atoms with Gasteiger partial charge in [0.2, 0.25) is 5.91 Å². The van der Waals surface area contributed by atoms with Gasteiger partial charge in [0.15, 0.2) is 0 Å². The molecule has 0 spiro atoms. The predicted octanol–water partition coefficient (Wildman–Crippen LogP) is -1.51. The van der Waals surface area contributed by atoms with Crippen LogP contribution in [0.2, 0.25) is 0 Å². The zero-order valence-electron chi connectivity index (χ0n) is 8.70. The van der Waals surface area contributed by atoms with Gasteiger partial charge in [-0.15, -0.1) is 4.68 Å². The molecule has 1 rings (SSSR count). The van der Waals surface area contributed by atoms with E-state index in [4.69, 9.17) is 0 Å². The molecule has 0 unspecified atom stereocenters. The third kappa shape index (κ3) is 2.94. The maximum absolute atomic E-state index is 11.2. The van der Waals surface area contributed by atoms with Crippen LogP contribution in [0.1, 0.15) is 26.2 Å². The summed E-state index contributed by atoms with van der Waals surface area (Å²) >= 11 is 0. The van der Waals surface area contributed by atoms with Gasteiger partial charge >= 0.3 is 17.1 Å². The van der Waals surface area contributed by atoms with Gasteiger partial charge in [0, 0.05) is 6.42 Å². The summed E-state index contributed by atoms with van der Waals surface area (Å²) in [6.07, 6.45) is 1.69. The second-order valence-electron chi connectivity index (χ2n) is 3.16. The molecule has 0 aliphatic carbocycles. The lowest BCUT2D eigenvalue weighted by Gasteiger charge is -2.04. The van der Waals surface area contributed by atoms with E-state index in [1.54, 1.807) is 0 Å². The molecule has 0 radical (unpaired) electrons. The van der Waals surface area contributed by atoms with Crippen LogP contribution in [0, 0.1) is 0 Å². The Hall–Kier alpha value is -2.12. The Bertz CT molecular complexity index is 504. The van der Waals surface area contributed by atoms with Crippen LogP contribution in [0.15, 0.2) is 14.4 Å². The summed E-state index contributed by atoms with van der Waals surface area (Å²) in [5, 5.41) is 0. The van der Waals surface area contributed by atoms with Crippen LogP contribution in [0.4, 0.5) is 0 Å². The molecular weight excluding hydrogens is 216 g/mol. The van der Waals surface area contributed by atoms with Crippen molar-refractivity contribution in [2.75, 3.05) is 5.43 Å². The average molecular weight is 228 g/mol. The highest BCUT2D eigenvalue weighted by Gasteiger charge is 2.06. The Kier molecular flexibility index (Phi) is 3.81. The topological polar surface area (TPSA) is 117 Å². The number of aromatic nitrogens is 3. The molecule has 1 heterocycles. The van der Waals surface area contributed by atoms with E-state index in [-0.39, 0.29) is 6.42 Å². The van der Waals surface area contributed by atoms with Gasteiger partial charge in [-0.05, 0) is 6.42 Å². The molecule has 8 heteroatoms. The quantitative estimate of drug-likeness (QED) is 0.580. The summed E-state index contributed by atoms with van der Waals surface area (Å²) in [5.74, 6) is -0.457. The van der Waals surface area contributed by atoms with Crippen molar-refractivity contribution in [1.82, 2.24) is 14.6 Å². The molecule has 1 aromatic rings. The number of unbranched alkanes of at least 4 members (excludes halogenated alkanes) is 1. The van der Waals surface area contributed by atoms with E-state index < -0.39 is 23.0 Å². The van der Waals surface area contributed by atoms with Crippen molar-refractivity contribution >= 4 is 5.91 Å². The molecule has 1 amide bonds. The average Bonchev–Trinajstić information content (AvgIpc) is 2.20. The monoisotopic (exact) mass is 228 g/mol. The number of hydrogen-bond donors (Lipinski definition) is 3. The highest BCUT2D eigenvalue weighted by Crippen LogP contribution is 1.92. The van der Waals surface area contributed by atoms with Crippen molar-refractivity contribution in [1.29, 1.82) is 0 Å². The highest BCUT2D eigenvalue weighted by atomic mass is 16.2. The highest BCUT2D eigenvalue weighted by molar-refractivity contribution is 5.83. The fraction of sp³-hybridized carbons (Fsp3) is 0.500. The van der Waals surface area contributed by atoms with Gasteiger partial charge in [-0.25, -0.2) is 14.4 Å². The van der Waals surface area contributed by atoms with Gasteiger partial charge in [-0.2, -0.15) is 0 Å². The lowest BCUT2D eigenvalue weighted by molar-refractivity contribution is -0.117. The maximum Gasteiger partial charge on any atom is 0.353 e. The van der Waals surface area contributed by atoms with E-state index in [0.717, 1.165) is 6.42 Å². The van der Waals surface area contributed by atoms with Gasteiger partial charge < -0.3 is 0 Å². The Balaban J connectivity index is 2.90. The van der Waals surface area contributed by atoms with E-state index in [1.807, 2.05) is 16.9 Å². The third-order valence-corrected chi connectivity index (χ3v) is 1.84. The van der Waals surface area contributed by atoms with Crippen LogP contribution >= 0.6 is 0 Å². The molecular formula is C8H12N4O4. The van der Waals surface area contributed by atoms with Gasteiger partial charge in [0.1, 0.15) is 0 Å². The molecule has 1 aromatic heterocycles. The minimum atomic E-state index is -0.974. The normalized spacial score (nSPS) is 10.1. The molecule has 8 nitrogen and oxygen atoms in total. The molecule has 16 heavy (non-hydrogen) atoms. The van der Waals surface area contributed by atoms with Crippen LogP contribution in [-0.2, 0) is 4.79 Å². The standard InChI is InChI=1S/C8H12N4O4/c1-2-3-4-5(13)11-12-7(15)9-6(14)10-8(12)16/h2-4H2,1H3,(H,11,13)(H2,9,10,14,15,16). The Morgan fingerprint density at radius 3 is 2.31 bits per heavy atom. The number of nitrogens with one attached hydrogen (secondary N) is 3. The van der Waals surface area contributed by atoms with E-state index >= 15 is 0 Å². The summed E-state index contributed by atoms with van der Waals surface area (Å²) in [6, 6.07) is 0. The van der Waals surface area contributed by atoms with Crippen LogP contribution in [-0.4, -0.2) is 20.6 Å². The van der Waals surface area contributed by atoms with Gasteiger partial charge in [0.25, 0.3) is 0 Å². The second-order valence-corrected chi connectivity index (χ2v) is 3.16. The first-order chi connectivity index (χ1) is 7.54. The number of carbonyl (C=O) groups excluding carboxylic acids is 1. The van der Waals surface area contributed by atoms with Crippen molar-refractivity contribution in [2.24, 2.45) is 0 Å². The molecule has 0 fully saturated rings. The van der Waals surface area contributed by atoms with Crippen molar-refractivity contribution in [3.05, 3.63) is 31.5 Å². The summed E-state index contributed by atoms with van der Waals surface area (Å²) in [6.45, 7) is 1.91. The molecule has 0 saturated carbocycles. The largest absolute Gasteiger partial charge is 0.353 e. The summed E-state index contributed by atoms with van der Waals surface area (Å²) in [5.41, 5.74) is -0.763. The SMILES string of the molecule is CCCCC(=O)Nn1c(=O)[nH]c(=O)[nH]c1=O. The predicted molar refractivity (Wildman–Crippen MR) is 55.8 cm³/mol. The van der Waals surface area contributed by atoms with Crippen molar-refractivity contribution in [2.45, 2.75) is 26.2 Å². The third-order valence-electron chi connectivity index (χ3n) is 1.84. The fourth-order valence-electron chi connectivity index (χ4n) is 1.05. The first-order valence-corrected chi connectivity index (χ1v) is 4.80. The maximum atomic E-state index is 11.2. The van der Waals surface area contributed by atoms with E-state index in [9.17, 15) is 19.2 Å². The summed E-state index contributed by atoms with van der Waals surface area (Å²) in [4.78, 5) is 47.9. The van der Waals surface area contributed by atoms with Crippen molar-refractivity contribution in [3.8, 4) is 0 Å². The lowest BCUT2D eigenvalue weighted by Crippen LogP contribution is -2.48. The number of amides is 1. The number of aromatic amines is 2. The Morgan fingerprint density at radius 2 is 1.81 bits per heavy atom. The van der Waals surface area contributed by atoms with Crippen LogP contribution in [0.5, 0.6) is 0 Å². The lowest BCUT2D eigenvalue weighted by atomic mass is 10.2. The molecule has 88 valence electrons. The second kappa shape index (κ2) is 5.10.